The van der Waals surface area contributed by atoms with E-state index >= 15 is 0 Å². The molecule has 1 aromatic carbocycles. The zero-order valence-electron chi connectivity index (χ0n) is 6.18. The van der Waals surface area contributed by atoms with Crippen molar-refractivity contribution in [2.75, 3.05) is 0 Å². The summed E-state index contributed by atoms with van der Waals surface area (Å²) in [6, 6.07) is 5.35. The minimum atomic E-state index is 0. The molecule has 0 fully saturated rings. The monoisotopic (exact) mass is 226 g/mol. The Kier molecular flexibility index (Phi) is 5.63. The number of halogens is 3. The van der Waals surface area contributed by atoms with Gasteiger partial charge in [0.25, 0.3) is 0 Å². The Morgan fingerprint density at radius 3 is 2.17 bits per heavy atom. The second-order valence-corrected chi connectivity index (χ2v) is 2.90. The Balaban J connectivity index is 0.00000121. The Morgan fingerprint density at radius 2 is 1.75 bits per heavy atom. The van der Waals surface area contributed by atoms with Crippen LogP contribution in [0.4, 0.5) is 0 Å². The van der Waals surface area contributed by atoms with Gasteiger partial charge in [0.2, 0.25) is 0 Å². The summed E-state index contributed by atoms with van der Waals surface area (Å²) in [4.78, 5) is 0. The maximum Gasteiger partial charge on any atom is 0.0466 e. The van der Waals surface area contributed by atoms with Gasteiger partial charge in [-0.25, -0.2) is 0 Å². The summed E-state index contributed by atoms with van der Waals surface area (Å²) in [5, 5.41) is 1.27. The van der Waals surface area contributed by atoms with Gasteiger partial charge in [-0.1, -0.05) is 29.3 Å². The normalized spacial score (nSPS) is 9.25. The van der Waals surface area contributed by atoms with E-state index in [2.05, 4.69) is 5.43 Å². The van der Waals surface area contributed by atoms with Gasteiger partial charge in [-0.3, -0.25) is 11.3 Å². The largest absolute Gasteiger partial charge is 0.271 e. The highest BCUT2D eigenvalue weighted by Crippen LogP contribution is 2.23. The molecule has 0 aliphatic heterocycles. The Morgan fingerprint density at radius 1 is 1.25 bits per heavy atom. The summed E-state index contributed by atoms with van der Waals surface area (Å²) in [6.07, 6.45) is 0. The molecule has 1 rings (SSSR count). The number of rotatable bonds is 2. The van der Waals surface area contributed by atoms with Gasteiger partial charge in [0.05, 0.1) is 0 Å². The molecule has 12 heavy (non-hydrogen) atoms. The second-order valence-electron chi connectivity index (χ2n) is 2.08. The lowest BCUT2D eigenvalue weighted by Crippen LogP contribution is -2.21. The van der Waals surface area contributed by atoms with Crippen LogP contribution in [-0.4, -0.2) is 0 Å². The van der Waals surface area contributed by atoms with Crippen LogP contribution in [0.15, 0.2) is 18.2 Å². The molecule has 0 unspecified atom stereocenters. The van der Waals surface area contributed by atoms with Gasteiger partial charge in [0.15, 0.2) is 0 Å². The number of hydrogen-bond donors (Lipinski definition) is 2. The van der Waals surface area contributed by atoms with E-state index in [9.17, 15) is 0 Å². The van der Waals surface area contributed by atoms with Gasteiger partial charge in [-0.15, -0.1) is 12.4 Å². The van der Waals surface area contributed by atoms with E-state index in [1.54, 1.807) is 18.2 Å². The molecule has 0 heterocycles. The van der Waals surface area contributed by atoms with Gasteiger partial charge in [-0.2, -0.15) is 0 Å². The van der Waals surface area contributed by atoms with Crippen LogP contribution in [0.2, 0.25) is 10.0 Å². The molecular weight excluding hydrogens is 218 g/mol. The highest BCUT2D eigenvalue weighted by atomic mass is 35.5. The summed E-state index contributed by atoms with van der Waals surface area (Å²) in [7, 11) is 0. The molecule has 5 heteroatoms. The molecule has 0 saturated carbocycles. The van der Waals surface area contributed by atoms with E-state index in [-0.39, 0.29) is 12.4 Å². The third-order valence-corrected chi connectivity index (χ3v) is 2.05. The molecule has 2 nitrogen and oxygen atoms in total. The number of benzene rings is 1. The number of nitrogens with one attached hydrogen (secondary N) is 1. The molecule has 0 bridgehead atoms. The van der Waals surface area contributed by atoms with Crippen molar-refractivity contribution < 1.29 is 0 Å². The van der Waals surface area contributed by atoms with E-state index in [4.69, 9.17) is 29.0 Å². The lowest BCUT2D eigenvalue weighted by atomic mass is 10.2. The van der Waals surface area contributed by atoms with E-state index in [0.29, 0.717) is 16.6 Å². The van der Waals surface area contributed by atoms with E-state index < -0.39 is 0 Å². The van der Waals surface area contributed by atoms with Crippen molar-refractivity contribution in [1.29, 1.82) is 0 Å². The number of hydrazine groups is 1. The molecule has 68 valence electrons. The quantitative estimate of drug-likeness (QED) is 0.601. The van der Waals surface area contributed by atoms with E-state index in [1.807, 2.05) is 0 Å². The van der Waals surface area contributed by atoms with Crippen molar-refractivity contribution in [3.63, 3.8) is 0 Å². The molecule has 1 aromatic rings. The Hall–Kier alpha value is 0.01000. The molecule has 0 spiro atoms. The molecule has 0 radical (unpaired) electrons. The summed E-state index contributed by atoms with van der Waals surface area (Å²) in [6.45, 7) is 0.485. The first kappa shape index (κ1) is 12.0. The van der Waals surface area contributed by atoms with E-state index in [0.717, 1.165) is 5.56 Å². The first-order chi connectivity index (χ1) is 5.25. The topological polar surface area (TPSA) is 38.0 Å². The van der Waals surface area contributed by atoms with Crippen molar-refractivity contribution in [3.8, 4) is 0 Å². The fourth-order valence-electron chi connectivity index (χ4n) is 0.803. The molecule has 0 aliphatic carbocycles. The number of nitrogens with two attached hydrogens (primary N) is 1. The first-order valence-electron chi connectivity index (χ1n) is 3.12. The van der Waals surface area contributed by atoms with Crippen molar-refractivity contribution in [2.45, 2.75) is 6.54 Å². The second kappa shape index (κ2) is 5.62. The maximum absolute atomic E-state index is 5.83. The van der Waals surface area contributed by atoms with Crippen LogP contribution in [0.25, 0.3) is 0 Å². The fourth-order valence-corrected chi connectivity index (χ4v) is 1.33. The van der Waals surface area contributed by atoms with Crippen molar-refractivity contribution >= 4 is 35.6 Å². The van der Waals surface area contributed by atoms with Crippen molar-refractivity contribution in [1.82, 2.24) is 5.43 Å². The van der Waals surface area contributed by atoms with Crippen molar-refractivity contribution in [3.05, 3.63) is 33.8 Å². The summed E-state index contributed by atoms with van der Waals surface area (Å²) in [5.74, 6) is 5.13. The van der Waals surface area contributed by atoms with Crippen LogP contribution in [0.5, 0.6) is 0 Å². The minimum Gasteiger partial charge on any atom is -0.271 e. The Bertz CT molecular complexity index is 232. The molecular formula is C7H9Cl3N2. The average molecular weight is 228 g/mol. The zero-order valence-corrected chi connectivity index (χ0v) is 8.51. The smallest absolute Gasteiger partial charge is 0.0466 e. The van der Waals surface area contributed by atoms with Crippen LogP contribution in [0.3, 0.4) is 0 Å². The molecule has 3 N–H and O–H groups in total. The van der Waals surface area contributed by atoms with Gasteiger partial charge < -0.3 is 0 Å². The predicted molar refractivity (Wildman–Crippen MR) is 54.7 cm³/mol. The maximum atomic E-state index is 5.83. The third-order valence-electron chi connectivity index (χ3n) is 1.34. The minimum absolute atomic E-state index is 0. The predicted octanol–water partition coefficient (Wildman–Crippen LogP) is 2.38. The van der Waals surface area contributed by atoms with Crippen LogP contribution < -0.4 is 11.3 Å². The average Bonchev–Trinajstić information content (AvgIpc) is 1.97. The Labute approximate surface area is 87.4 Å². The SMILES string of the molecule is Cl.NNCc1c(Cl)cccc1Cl. The lowest BCUT2D eigenvalue weighted by molar-refractivity contribution is 0.742. The van der Waals surface area contributed by atoms with Crippen LogP contribution in [0, 0.1) is 0 Å². The fraction of sp³-hybridized carbons (Fsp3) is 0.143. The van der Waals surface area contributed by atoms with Gasteiger partial charge in [-0.05, 0) is 12.1 Å². The highest BCUT2D eigenvalue weighted by molar-refractivity contribution is 6.35. The van der Waals surface area contributed by atoms with Crippen LogP contribution >= 0.6 is 35.6 Å². The molecule has 0 atom stereocenters. The third kappa shape index (κ3) is 2.81. The molecule has 0 amide bonds. The van der Waals surface area contributed by atoms with Gasteiger partial charge >= 0.3 is 0 Å². The zero-order chi connectivity index (χ0) is 8.27. The molecule has 0 saturated heterocycles. The van der Waals surface area contributed by atoms with Crippen molar-refractivity contribution in [2.24, 2.45) is 5.84 Å². The van der Waals surface area contributed by atoms with E-state index in [1.165, 1.54) is 0 Å². The summed E-state index contributed by atoms with van der Waals surface area (Å²) in [5.41, 5.74) is 3.33. The van der Waals surface area contributed by atoms with Gasteiger partial charge in [0, 0.05) is 22.2 Å². The number of hydrogen-bond acceptors (Lipinski definition) is 2. The van der Waals surface area contributed by atoms with Crippen LogP contribution in [0.1, 0.15) is 5.56 Å². The lowest BCUT2D eigenvalue weighted by Gasteiger charge is -2.04. The molecule has 0 aliphatic rings. The first-order valence-corrected chi connectivity index (χ1v) is 3.87. The summed E-state index contributed by atoms with van der Waals surface area (Å²) < 4.78 is 0. The molecule has 0 aromatic heterocycles. The van der Waals surface area contributed by atoms with Gasteiger partial charge in [0.1, 0.15) is 0 Å². The highest BCUT2D eigenvalue weighted by Gasteiger charge is 2.02. The van der Waals surface area contributed by atoms with Crippen LogP contribution in [-0.2, 0) is 6.54 Å². The standard InChI is InChI=1S/C7H8Cl2N2.ClH/c8-6-2-1-3-7(9)5(6)4-11-10;/h1-3,11H,4,10H2;1H. The summed E-state index contributed by atoms with van der Waals surface area (Å²) >= 11 is 11.7.